The molecule has 0 fully saturated rings. The maximum absolute atomic E-state index is 5.44. The molecule has 0 unspecified atom stereocenters. The lowest BCUT2D eigenvalue weighted by Gasteiger charge is -2.04. The van der Waals surface area contributed by atoms with E-state index in [1.165, 1.54) is 7.11 Å². The topological polar surface area (TPSA) is 70.3 Å². The second-order valence-corrected chi connectivity index (χ2v) is 2.49. The summed E-state index contributed by atoms with van der Waals surface area (Å²) in [6, 6.07) is 1.58. The van der Waals surface area contributed by atoms with Crippen molar-refractivity contribution in [3.8, 4) is 11.8 Å². The van der Waals surface area contributed by atoms with Gasteiger partial charge in [0.25, 0.3) is 0 Å². The van der Waals surface area contributed by atoms with Crippen LogP contribution in [-0.4, -0.2) is 23.7 Å². The van der Waals surface area contributed by atoms with E-state index in [0.717, 1.165) is 0 Å². The van der Waals surface area contributed by atoms with Crippen LogP contribution in [0, 0.1) is 0 Å². The minimum atomic E-state index is 0.139. The van der Waals surface area contributed by atoms with Gasteiger partial charge in [0.05, 0.1) is 13.2 Å². The van der Waals surface area contributed by atoms with Crippen LogP contribution >= 0.6 is 0 Å². The predicted octanol–water partition coefficient (Wildman–Crippen LogP) is 1.02. The Morgan fingerprint density at radius 1 is 1.43 bits per heavy atom. The molecule has 76 valence electrons. The summed E-state index contributed by atoms with van der Waals surface area (Å²) in [4.78, 5) is 7.71. The van der Waals surface area contributed by atoms with Crippen molar-refractivity contribution >= 4 is 5.95 Å². The lowest BCUT2D eigenvalue weighted by Crippen LogP contribution is -2.02. The standard InChI is InChI=1S/C9H13N3O2/c1-3-4-5-14-8-6-7(13-2)11-9(10)12-8/h3-4,6H,5H2,1-2H3,(H2,10,11,12)/b4-3+. The number of hydrogen-bond acceptors (Lipinski definition) is 5. The van der Waals surface area contributed by atoms with Gasteiger partial charge in [-0.3, -0.25) is 0 Å². The summed E-state index contributed by atoms with van der Waals surface area (Å²) in [5.41, 5.74) is 5.44. The summed E-state index contributed by atoms with van der Waals surface area (Å²) in [5.74, 6) is 0.945. The summed E-state index contributed by atoms with van der Waals surface area (Å²) >= 11 is 0. The molecule has 14 heavy (non-hydrogen) atoms. The molecule has 0 atom stereocenters. The van der Waals surface area contributed by atoms with E-state index in [-0.39, 0.29) is 5.95 Å². The third-order valence-electron chi connectivity index (χ3n) is 1.47. The number of rotatable bonds is 4. The Balaban J connectivity index is 2.71. The highest BCUT2D eigenvalue weighted by Gasteiger charge is 2.01. The molecule has 0 bridgehead atoms. The van der Waals surface area contributed by atoms with Gasteiger partial charge in [-0.25, -0.2) is 0 Å². The minimum absolute atomic E-state index is 0.139. The summed E-state index contributed by atoms with van der Waals surface area (Å²) in [6.45, 7) is 2.37. The van der Waals surface area contributed by atoms with Crippen LogP contribution in [-0.2, 0) is 0 Å². The summed E-state index contributed by atoms with van der Waals surface area (Å²) in [7, 11) is 1.51. The number of allylic oxidation sites excluding steroid dienone is 1. The number of nitrogens with zero attached hydrogens (tertiary/aromatic N) is 2. The fraction of sp³-hybridized carbons (Fsp3) is 0.333. The molecule has 0 saturated carbocycles. The van der Waals surface area contributed by atoms with Crippen LogP contribution in [0.1, 0.15) is 6.92 Å². The Labute approximate surface area is 82.6 Å². The van der Waals surface area contributed by atoms with Crippen LogP contribution < -0.4 is 15.2 Å². The molecule has 1 aromatic heterocycles. The molecule has 1 rings (SSSR count). The van der Waals surface area contributed by atoms with Gasteiger partial charge in [-0.15, -0.1) is 0 Å². The third-order valence-corrected chi connectivity index (χ3v) is 1.47. The molecule has 0 radical (unpaired) electrons. The number of hydrogen-bond donors (Lipinski definition) is 1. The molecule has 0 spiro atoms. The zero-order valence-electron chi connectivity index (χ0n) is 8.23. The van der Waals surface area contributed by atoms with E-state index in [1.54, 1.807) is 6.07 Å². The van der Waals surface area contributed by atoms with Crippen molar-refractivity contribution in [2.24, 2.45) is 0 Å². The summed E-state index contributed by atoms with van der Waals surface area (Å²) in [5, 5.41) is 0. The smallest absolute Gasteiger partial charge is 0.226 e. The highest BCUT2D eigenvalue weighted by atomic mass is 16.5. The first kappa shape index (κ1) is 10.3. The van der Waals surface area contributed by atoms with Gasteiger partial charge in [0.2, 0.25) is 17.7 Å². The number of anilines is 1. The van der Waals surface area contributed by atoms with Crippen molar-refractivity contribution < 1.29 is 9.47 Å². The first-order valence-electron chi connectivity index (χ1n) is 4.18. The molecule has 5 nitrogen and oxygen atoms in total. The molecule has 2 N–H and O–H groups in total. The second kappa shape index (κ2) is 5.06. The Morgan fingerprint density at radius 2 is 2.14 bits per heavy atom. The van der Waals surface area contributed by atoms with Crippen LogP contribution in [0.2, 0.25) is 0 Å². The number of ether oxygens (including phenoxy) is 2. The molecule has 0 aliphatic heterocycles. The van der Waals surface area contributed by atoms with E-state index < -0.39 is 0 Å². The zero-order valence-corrected chi connectivity index (χ0v) is 8.23. The molecule has 0 aromatic carbocycles. The van der Waals surface area contributed by atoms with Crippen molar-refractivity contribution in [1.82, 2.24) is 9.97 Å². The quantitative estimate of drug-likeness (QED) is 0.726. The van der Waals surface area contributed by atoms with Gasteiger partial charge in [0.1, 0.15) is 6.61 Å². The fourth-order valence-electron chi connectivity index (χ4n) is 0.829. The normalized spacial score (nSPS) is 10.4. The largest absolute Gasteiger partial charge is 0.481 e. The molecule has 1 heterocycles. The summed E-state index contributed by atoms with van der Waals surface area (Å²) < 4.78 is 10.2. The first-order chi connectivity index (χ1) is 6.76. The number of methoxy groups -OCH3 is 1. The van der Waals surface area contributed by atoms with Crippen molar-refractivity contribution in [2.45, 2.75) is 6.92 Å². The van der Waals surface area contributed by atoms with E-state index in [4.69, 9.17) is 15.2 Å². The van der Waals surface area contributed by atoms with Gasteiger partial charge in [-0.05, 0) is 6.92 Å². The number of nitrogens with two attached hydrogens (primary N) is 1. The van der Waals surface area contributed by atoms with E-state index in [9.17, 15) is 0 Å². The SMILES string of the molecule is C/C=C/COc1cc(OC)nc(N)n1. The predicted molar refractivity (Wildman–Crippen MR) is 53.3 cm³/mol. The van der Waals surface area contributed by atoms with E-state index >= 15 is 0 Å². The Hall–Kier alpha value is -1.78. The van der Waals surface area contributed by atoms with Gasteiger partial charge in [-0.1, -0.05) is 12.2 Å². The van der Waals surface area contributed by atoms with Crippen LogP contribution in [0.15, 0.2) is 18.2 Å². The Bertz CT molecular complexity index is 326. The Kier molecular flexibility index (Phi) is 3.72. The highest BCUT2D eigenvalue weighted by molar-refractivity contribution is 5.29. The third kappa shape index (κ3) is 2.93. The fourth-order valence-corrected chi connectivity index (χ4v) is 0.829. The lowest BCUT2D eigenvalue weighted by atomic mass is 10.5. The molecule has 0 aliphatic rings. The molecule has 0 aliphatic carbocycles. The summed E-state index contributed by atoms with van der Waals surface area (Å²) in [6.07, 6.45) is 3.76. The van der Waals surface area contributed by atoms with E-state index in [0.29, 0.717) is 18.4 Å². The van der Waals surface area contributed by atoms with E-state index in [2.05, 4.69) is 9.97 Å². The zero-order chi connectivity index (χ0) is 10.4. The molecule has 0 saturated heterocycles. The van der Waals surface area contributed by atoms with Crippen LogP contribution in [0.25, 0.3) is 0 Å². The molecule has 1 aromatic rings. The number of nitrogen functional groups attached to an aromatic ring is 1. The maximum Gasteiger partial charge on any atom is 0.226 e. The van der Waals surface area contributed by atoms with Crippen molar-refractivity contribution in [3.63, 3.8) is 0 Å². The van der Waals surface area contributed by atoms with Crippen LogP contribution in [0.3, 0.4) is 0 Å². The minimum Gasteiger partial charge on any atom is -0.481 e. The van der Waals surface area contributed by atoms with Crippen molar-refractivity contribution in [3.05, 3.63) is 18.2 Å². The molecule has 0 amide bonds. The van der Waals surface area contributed by atoms with Crippen LogP contribution in [0.4, 0.5) is 5.95 Å². The van der Waals surface area contributed by atoms with Gasteiger partial charge >= 0.3 is 0 Å². The monoisotopic (exact) mass is 195 g/mol. The van der Waals surface area contributed by atoms with Crippen LogP contribution in [0.5, 0.6) is 11.8 Å². The average Bonchev–Trinajstić information content (AvgIpc) is 2.17. The first-order valence-corrected chi connectivity index (χ1v) is 4.18. The highest BCUT2D eigenvalue weighted by Crippen LogP contribution is 2.15. The van der Waals surface area contributed by atoms with Crippen molar-refractivity contribution in [2.75, 3.05) is 19.5 Å². The van der Waals surface area contributed by atoms with Crippen molar-refractivity contribution in [1.29, 1.82) is 0 Å². The average molecular weight is 195 g/mol. The molecular formula is C9H13N3O2. The van der Waals surface area contributed by atoms with E-state index in [1.807, 2.05) is 19.1 Å². The maximum atomic E-state index is 5.44. The van der Waals surface area contributed by atoms with Gasteiger partial charge < -0.3 is 15.2 Å². The number of aromatic nitrogens is 2. The molecule has 5 heteroatoms. The van der Waals surface area contributed by atoms with Gasteiger partial charge in [-0.2, -0.15) is 9.97 Å². The Morgan fingerprint density at radius 3 is 2.79 bits per heavy atom. The van der Waals surface area contributed by atoms with Gasteiger partial charge in [0.15, 0.2) is 0 Å². The molecular weight excluding hydrogens is 182 g/mol. The second-order valence-electron chi connectivity index (χ2n) is 2.49. The lowest BCUT2D eigenvalue weighted by molar-refractivity contribution is 0.339. The van der Waals surface area contributed by atoms with Gasteiger partial charge in [0, 0.05) is 0 Å².